The van der Waals surface area contributed by atoms with Crippen LogP contribution in [0.5, 0.6) is 0 Å². The SMILES string of the molecule is CC1CN(C)CCOC1C. The van der Waals surface area contributed by atoms with Gasteiger partial charge in [0.2, 0.25) is 0 Å². The highest BCUT2D eigenvalue weighted by atomic mass is 16.5. The minimum Gasteiger partial charge on any atom is -0.377 e. The minimum absolute atomic E-state index is 0.435. The van der Waals surface area contributed by atoms with Crippen molar-refractivity contribution < 1.29 is 4.74 Å². The molecule has 0 aromatic carbocycles. The van der Waals surface area contributed by atoms with E-state index in [9.17, 15) is 0 Å². The van der Waals surface area contributed by atoms with Gasteiger partial charge in [0.05, 0.1) is 12.7 Å². The monoisotopic (exact) mass is 143 g/mol. The third-order valence-electron chi connectivity index (χ3n) is 2.25. The van der Waals surface area contributed by atoms with E-state index in [1.54, 1.807) is 0 Å². The Balaban J connectivity index is 2.41. The Bertz CT molecular complexity index is 105. The second-order valence-electron chi connectivity index (χ2n) is 3.32. The third-order valence-corrected chi connectivity index (χ3v) is 2.25. The van der Waals surface area contributed by atoms with E-state index < -0.39 is 0 Å². The summed E-state index contributed by atoms with van der Waals surface area (Å²) in [6.07, 6.45) is 0.435. The van der Waals surface area contributed by atoms with Gasteiger partial charge in [-0.3, -0.25) is 0 Å². The lowest BCUT2D eigenvalue weighted by molar-refractivity contribution is 0.0507. The summed E-state index contributed by atoms with van der Waals surface area (Å²) in [5, 5.41) is 0. The molecule has 0 aromatic heterocycles. The molecular formula is C8H17NO. The summed E-state index contributed by atoms with van der Waals surface area (Å²) in [5.41, 5.74) is 0. The lowest BCUT2D eigenvalue weighted by Crippen LogP contribution is -2.26. The quantitative estimate of drug-likeness (QED) is 0.501. The molecule has 2 heteroatoms. The maximum atomic E-state index is 5.54. The van der Waals surface area contributed by atoms with Crippen molar-refractivity contribution in [2.24, 2.45) is 5.92 Å². The van der Waals surface area contributed by atoms with Crippen LogP contribution in [0.4, 0.5) is 0 Å². The van der Waals surface area contributed by atoms with Crippen molar-refractivity contribution in [1.82, 2.24) is 4.90 Å². The smallest absolute Gasteiger partial charge is 0.0597 e. The molecule has 1 rings (SSSR count). The Morgan fingerprint density at radius 2 is 2.10 bits per heavy atom. The second kappa shape index (κ2) is 3.35. The first-order valence-electron chi connectivity index (χ1n) is 4.00. The van der Waals surface area contributed by atoms with Crippen LogP contribution in [0.15, 0.2) is 0 Å². The first kappa shape index (κ1) is 8.02. The van der Waals surface area contributed by atoms with E-state index in [0.717, 1.165) is 13.2 Å². The first-order valence-corrected chi connectivity index (χ1v) is 4.00. The molecule has 2 unspecified atom stereocenters. The Labute approximate surface area is 63.2 Å². The largest absolute Gasteiger partial charge is 0.377 e. The molecular weight excluding hydrogens is 126 g/mol. The normalized spacial score (nSPS) is 37.5. The third kappa shape index (κ3) is 1.96. The van der Waals surface area contributed by atoms with Gasteiger partial charge in [-0.25, -0.2) is 0 Å². The van der Waals surface area contributed by atoms with Gasteiger partial charge in [-0.1, -0.05) is 6.92 Å². The predicted octanol–water partition coefficient (Wildman–Crippen LogP) is 0.973. The number of hydrogen-bond acceptors (Lipinski definition) is 2. The van der Waals surface area contributed by atoms with Crippen LogP contribution in [-0.2, 0) is 4.74 Å². The van der Waals surface area contributed by atoms with E-state index in [4.69, 9.17) is 4.74 Å². The van der Waals surface area contributed by atoms with Crippen LogP contribution in [-0.4, -0.2) is 37.7 Å². The molecule has 1 aliphatic heterocycles. The summed E-state index contributed by atoms with van der Waals surface area (Å²) >= 11 is 0. The Morgan fingerprint density at radius 1 is 1.40 bits per heavy atom. The van der Waals surface area contributed by atoms with Crippen molar-refractivity contribution in [3.63, 3.8) is 0 Å². The highest BCUT2D eigenvalue weighted by molar-refractivity contribution is 4.68. The molecule has 1 saturated heterocycles. The zero-order valence-electron chi connectivity index (χ0n) is 7.13. The van der Waals surface area contributed by atoms with E-state index in [1.807, 2.05) is 0 Å². The summed E-state index contributed by atoms with van der Waals surface area (Å²) in [6.45, 7) is 7.54. The molecule has 1 heterocycles. The predicted molar refractivity (Wildman–Crippen MR) is 42.1 cm³/mol. The van der Waals surface area contributed by atoms with Crippen LogP contribution in [0.1, 0.15) is 13.8 Å². The Hall–Kier alpha value is -0.0800. The summed E-state index contributed by atoms with van der Waals surface area (Å²) in [7, 11) is 2.15. The van der Waals surface area contributed by atoms with Crippen LogP contribution in [0.3, 0.4) is 0 Å². The molecule has 2 atom stereocenters. The zero-order valence-corrected chi connectivity index (χ0v) is 7.13. The molecule has 2 nitrogen and oxygen atoms in total. The van der Waals surface area contributed by atoms with Crippen LogP contribution >= 0.6 is 0 Å². The maximum Gasteiger partial charge on any atom is 0.0597 e. The molecule has 0 aromatic rings. The van der Waals surface area contributed by atoms with Crippen molar-refractivity contribution in [3.8, 4) is 0 Å². The molecule has 0 saturated carbocycles. The van der Waals surface area contributed by atoms with Gasteiger partial charge in [-0.15, -0.1) is 0 Å². The van der Waals surface area contributed by atoms with Gasteiger partial charge in [0.25, 0.3) is 0 Å². The van der Waals surface area contributed by atoms with Gasteiger partial charge >= 0.3 is 0 Å². The molecule has 0 N–H and O–H groups in total. The van der Waals surface area contributed by atoms with Crippen molar-refractivity contribution in [1.29, 1.82) is 0 Å². The summed E-state index contributed by atoms with van der Waals surface area (Å²) in [5.74, 6) is 0.674. The number of hydrogen-bond donors (Lipinski definition) is 0. The van der Waals surface area contributed by atoms with Crippen molar-refractivity contribution in [2.45, 2.75) is 20.0 Å². The van der Waals surface area contributed by atoms with Crippen LogP contribution in [0.25, 0.3) is 0 Å². The fourth-order valence-electron chi connectivity index (χ4n) is 1.29. The topological polar surface area (TPSA) is 12.5 Å². The standard InChI is InChI=1S/C8H17NO/c1-7-6-9(3)4-5-10-8(7)2/h7-8H,4-6H2,1-3H3. The molecule has 0 amide bonds. The van der Waals surface area contributed by atoms with E-state index in [2.05, 4.69) is 25.8 Å². The van der Waals surface area contributed by atoms with Gasteiger partial charge < -0.3 is 9.64 Å². The fourth-order valence-corrected chi connectivity index (χ4v) is 1.29. The van der Waals surface area contributed by atoms with E-state index in [1.165, 1.54) is 6.54 Å². The summed E-state index contributed by atoms with van der Waals surface area (Å²) in [6, 6.07) is 0. The molecule has 0 bridgehead atoms. The highest BCUT2D eigenvalue weighted by Crippen LogP contribution is 2.11. The molecule has 0 radical (unpaired) electrons. The first-order chi connectivity index (χ1) is 4.70. The van der Waals surface area contributed by atoms with Gasteiger partial charge in [0.1, 0.15) is 0 Å². The maximum absolute atomic E-state index is 5.54. The number of likely N-dealkylation sites (N-methyl/N-ethyl adjacent to an activating group) is 1. The lowest BCUT2D eigenvalue weighted by Gasteiger charge is -2.18. The van der Waals surface area contributed by atoms with E-state index >= 15 is 0 Å². The molecule has 1 fully saturated rings. The van der Waals surface area contributed by atoms with Gasteiger partial charge in [-0.05, 0) is 19.9 Å². The van der Waals surface area contributed by atoms with Gasteiger partial charge in [0, 0.05) is 13.1 Å². The Kier molecular flexibility index (Phi) is 2.69. The molecule has 0 spiro atoms. The average Bonchev–Trinajstić information content (AvgIpc) is 1.96. The molecule has 1 aliphatic rings. The van der Waals surface area contributed by atoms with Crippen molar-refractivity contribution in [3.05, 3.63) is 0 Å². The molecule has 60 valence electrons. The highest BCUT2D eigenvalue weighted by Gasteiger charge is 2.17. The van der Waals surface area contributed by atoms with Gasteiger partial charge in [-0.2, -0.15) is 0 Å². The lowest BCUT2D eigenvalue weighted by atomic mass is 10.1. The Morgan fingerprint density at radius 3 is 2.80 bits per heavy atom. The molecule has 0 aliphatic carbocycles. The minimum atomic E-state index is 0.435. The fraction of sp³-hybridized carbons (Fsp3) is 1.00. The van der Waals surface area contributed by atoms with Crippen LogP contribution < -0.4 is 0 Å². The van der Waals surface area contributed by atoms with E-state index in [0.29, 0.717) is 12.0 Å². The van der Waals surface area contributed by atoms with Crippen molar-refractivity contribution >= 4 is 0 Å². The van der Waals surface area contributed by atoms with Crippen LogP contribution in [0.2, 0.25) is 0 Å². The second-order valence-corrected chi connectivity index (χ2v) is 3.32. The van der Waals surface area contributed by atoms with Crippen molar-refractivity contribution in [2.75, 3.05) is 26.7 Å². The number of nitrogens with zero attached hydrogens (tertiary/aromatic N) is 1. The molecule has 10 heavy (non-hydrogen) atoms. The average molecular weight is 143 g/mol. The zero-order chi connectivity index (χ0) is 7.56. The van der Waals surface area contributed by atoms with E-state index in [-0.39, 0.29) is 0 Å². The summed E-state index contributed by atoms with van der Waals surface area (Å²) in [4.78, 5) is 2.33. The van der Waals surface area contributed by atoms with Gasteiger partial charge in [0.15, 0.2) is 0 Å². The number of rotatable bonds is 0. The number of ether oxygens (including phenoxy) is 1. The van der Waals surface area contributed by atoms with Crippen LogP contribution in [0, 0.1) is 5.92 Å². The summed E-state index contributed by atoms with van der Waals surface area (Å²) < 4.78 is 5.54.